The molecule has 1 aliphatic rings. The molecule has 1 fully saturated rings. The van der Waals surface area contributed by atoms with Crippen molar-refractivity contribution in [1.29, 1.82) is 0 Å². The lowest BCUT2D eigenvalue weighted by molar-refractivity contribution is -0.383. The lowest BCUT2D eigenvalue weighted by Crippen LogP contribution is -2.48. The minimum Gasteiger partial charge on any atom is -0.494 e. The number of benzene rings is 2. The zero-order valence-corrected chi connectivity index (χ0v) is 17.5. The molecule has 0 unspecified atom stereocenters. The van der Waals surface area contributed by atoms with E-state index in [4.69, 9.17) is 4.74 Å². The maximum absolute atomic E-state index is 12.8. The van der Waals surface area contributed by atoms with Crippen LogP contribution in [0.25, 0.3) is 0 Å². The van der Waals surface area contributed by atoms with Gasteiger partial charge >= 0.3 is 0 Å². The Morgan fingerprint density at radius 1 is 1.13 bits per heavy atom. The van der Waals surface area contributed by atoms with Crippen molar-refractivity contribution in [3.8, 4) is 5.75 Å². The quantitative estimate of drug-likeness (QED) is 0.403. The SMILES string of the molecule is CCCCOc1ccc(C(=O)N2CCN(c3ccc([N+](=O)[O-])c(NC)c3)CC2)cc1. The van der Waals surface area contributed by atoms with Crippen LogP contribution in [-0.2, 0) is 0 Å². The van der Waals surface area contributed by atoms with E-state index in [0.717, 1.165) is 24.3 Å². The number of carbonyl (C=O) groups is 1. The van der Waals surface area contributed by atoms with Gasteiger partial charge in [-0.3, -0.25) is 14.9 Å². The van der Waals surface area contributed by atoms with Crippen molar-refractivity contribution >= 4 is 23.0 Å². The second-order valence-corrected chi connectivity index (χ2v) is 7.21. The first-order valence-electron chi connectivity index (χ1n) is 10.3. The maximum atomic E-state index is 12.8. The van der Waals surface area contributed by atoms with Gasteiger partial charge in [0, 0.05) is 50.5 Å². The van der Waals surface area contributed by atoms with Crippen LogP contribution in [0.1, 0.15) is 30.1 Å². The first-order valence-corrected chi connectivity index (χ1v) is 10.3. The highest BCUT2D eigenvalue weighted by Gasteiger charge is 2.23. The van der Waals surface area contributed by atoms with Gasteiger partial charge in [-0.1, -0.05) is 13.3 Å². The van der Waals surface area contributed by atoms with Crippen molar-refractivity contribution in [2.75, 3.05) is 50.1 Å². The number of carbonyl (C=O) groups excluding carboxylic acids is 1. The van der Waals surface area contributed by atoms with E-state index in [-0.39, 0.29) is 11.6 Å². The van der Waals surface area contributed by atoms with Gasteiger partial charge in [-0.15, -0.1) is 0 Å². The minimum atomic E-state index is -0.396. The average Bonchev–Trinajstić information content (AvgIpc) is 2.79. The van der Waals surface area contributed by atoms with E-state index in [1.807, 2.05) is 29.2 Å². The average molecular weight is 412 g/mol. The molecule has 0 radical (unpaired) electrons. The van der Waals surface area contributed by atoms with Gasteiger partial charge in [-0.2, -0.15) is 0 Å². The van der Waals surface area contributed by atoms with Crippen LogP contribution in [0.5, 0.6) is 5.75 Å². The number of anilines is 2. The normalized spacial score (nSPS) is 13.8. The molecule has 0 aromatic heterocycles. The van der Waals surface area contributed by atoms with Gasteiger partial charge in [0.05, 0.1) is 11.5 Å². The number of unbranched alkanes of at least 4 members (excludes halogenated alkanes) is 1. The zero-order chi connectivity index (χ0) is 21.5. The number of nitrogens with one attached hydrogen (secondary N) is 1. The van der Waals surface area contributed by atoms with Crippen LogP contribution in [0, 0.1) is 10.1 Å². The molecular weight excluding hydrogens is 384 g/mol. The van der Waals surface area contributed by atoms with Gasteiger partial charge in [-0.25, -0.2) is 0 Å². The van der Waals surface area contributed by atoms with Crippen molar-refractivity contribution in [1.82, 2.24) is 4.90 Å². The summed E-state index contributed by atoms with van der Waals surface area (Å²) in [6, 6.07) is 12.4. The highest BCUT2D eigenvalue weighted by Crippen LogP contribution is 2.29. The largest absolute Gasteiger partial charge is 0.494 e. The van der Waals surface area contributed by atoms with Crippen molar-refractivity contribution in [3.63, 3.8) is 0 Å². The third-order valence-corrected chi connectivity index (χ3v) is 5.25. The molecule has 2 aromatic carbocycles. The number of hydrogen-bond donors (Lipinski definition) is 1. The third-order valence-electron chi connectivity index (χ3n) is 5.25. The summed E-state index contributed by atoms with van der Waals surface area (Å²) in [5.74, 6) is 0.790. The standard InChI is InChI=1S/C22H28N4O4/c1-3-4-15-30-19-8-5-17(6-9-19)22(27)25-13-11-24(12-14-25)18-7-10-21(26(28)29)20(16-18)23-2/h5-10,16,23H,3-4,11-15H2,1-2H3. The van der Waals surface area contributed by atoms with Gasteiger partial charge in [0.25, 0.3) is 11.6 Å². The molecule has 0 aliphatic carbocycles. The van der Waals surface area contributed by atoms with Gasteiger partial charge < -0.3 is 19.9 Å². The number of nitro benzene ring substituents is 1. The summed E-state index contributed by atoms with van der Waals surface area (Å²) in [6.45, 7) is 5.34. The number of amides is 1. The summed E-state index contributed by atoms with van der Waals surface area (Å²) >= 11 is 0. The smallest absolute Gasteiger partial charge is 0.292 e. The first kappa shape index (κ1) is 21.4. The topological polar surface area (TPSA) is 88.0 Å². The van der Waals surface area contributed by atoms with Crippen LogP contribution in [0.15, 0.2) is 42.5 Å². The molecule has 8 heteroatoms. The zero-order valence-electron chi connectivity index (χ0n) is 17.5. The predicted octanol–water partition coefficient (Wildman–Crippen LogP) is 3.78. The molecule has 1 N–H and O–H groups in total. The van der Waals surface area contributed by atoms with Gasteiger partial charge in [0.15, 0.2) is 0 Å². The van der Waals surface area contributed by atoms with E-state index in [0.29, 0.717) is 44.0 Å². The van der Waals surface area contributed by atoms with Gasteiger partial charge in [0.2, 0.25) is 0 Å². The van der Waals surface area contributed by atoms with E-state index in [9.17, 15) is 14.9 Å². The molecule has 0 atom stereocenters. The highest BCUT2D eigenvalue weighted by molar-refractivity contribution is 5.94. The summed E-state index contributed by atoms with van der Waals surface area (Å²) in [6.07, 6.45) is 2.09. The molecule has 30 heavy (non-hydrogen) atoms. The fraction of sp³-hybridized carbons (Fsp3) is 0.409. The maximum Gasteiger partial charge on any atom is 0.292 e. The number of nitrogens with zero attached hydrogens (tertiary/aromatic N) is 3. The monoisotopic (exact) mass is 412 g/mol. The molecule has 1 saturated heterocycles. The number of hydrogen-bond acceptors (Lipinski definition) is 6. The first-order chi connectivity index (χ1) is 14.5. The van der Waals surface area contributed by atoms with Crippen molar-refractivity contribution in [2.45, 2.75) is 19.8 Å². The Hall–Kier alpha value is -3.29. The van der Waals surface area contributed by atoms with Crippen LogP contribution in [0.3, 0.4) is 0 Å². The second kappa shape index (κ2) is 9.96. The Labute approximate surface area is 176 Å². The summed E-state index contributed by atoms with van der Waals surface area (Å²) in [4.78, 5) is 27.5. The predicted molar refractivity (Wildman–Crippen MR) is 118 cm³/mol. The van der Waals surface area contributed by atoms with Gasteiger partial charge in [0.1, 0.15) is 11.4 Å². The molecule has 0 bridgehead atoms. The molecular formula is C22H28N4O4. The van der Waals surface area contributed by atoms with E-state index in [1.54, 1.807) is 19.2 Å². The Kier molecular flexibility index (Phi) is 7.11. The van der Waals surface area contributed by atoms with Crippen molar-refractivity contribution in [2.24, 2.45) is 0 Å². The molecule has 0 saturated carbocycles. The van der Waals surface area contributed by atoms with E-state index in [2.05, 4.69) is 17.1 Å². The van der Waals surface area contributed by atoms with Crippen LogP contribution >= 0.6 is 0 Å². The summed E-state index contributed by atoms with van der Waals surface area (Å²) in [5.41, 5.74) is 2.10. The Morgan fingerprint density at radius 2 is 1.83 bits per heavy atom. The lowest BCUT2D eigenvalue weighted by Gasteiger charge is -2.36. The van der Waals surface area contributed by atoms with Gasteiger partial charge in [-0.05, 0) is 42.8 Å². The second-order valence-electron chi connectivity index (χ2n) is 7.21. The number of ether oxygens (including phenoxy) is 1. The third kappa shape index (κ3) is 5.00. The molecule has 1 aliphatic heterocycles. The molecule has 2 aromatic rings. The minimum absolute atomic E-state index is 0.00868. The summed E-state index contributed by atoms with van der Waals surface area (Å²) in [5, 5.41) is 14.0. The fourth-order valence-corrected chi connectivity index (χ4v) is 3.46. The Balaban J connectivity index is 1.58. The number of piperazine rings is 1. The van der Waals surface area contributed by atoms with Crippen LogP contribution < -0.4 is 15.0 Å². The van der Waals surface area contributed by atoms with Crippen molar-refractivity contribution in [3.05, 3.63) is 58.1 Å². The Bertz CT molecular complexity index is 877. The highest BCUT2D eigenvalue weighted by atomic mass is 16.6. The summed E-state index contributed by atoms with van der Waals surface area (Å²) in [7, 11) is 1.67. The lowest BCUT2D eigenvalue weighted by atomic mass is 10.1. The molecule has 8 nitrogen and oxygen atoms in total. The summed E-state index contributed by atoms with van der Waals surface area (Å²) < 4.78 is 5.65. The van der Waals surface area contributed by atoms with Crippen LogP contribution in [0.2, 0.25) is 0 Å². The number of rotatable bonds is 8. The van der Waals surface area contributed by atoms with Crippen LogP contribution in [0.4, 0.5) is 17.1 Å². The van der Waals surface area contributed by atoms with E-state index < -0.39 is 4.92 Å². The van der Waals surface area contributed by atoms with E-state index >= 15 is 0 Å². The molecule has 160 valence electrons. The van der Waals surface area contributed by atoms with E-state index in [1.165, 1.54) is 6.07 Å². The molecule has 3 rings (SSSR count). The Morgan fingerprint density at radius 3 is 2.43 bits per heavy atom. The fourth-order valence-electron chi connectivity index (χ4n) is 3.46. The molecule has 0 spiro atoms. The number of nitro groups is 1. The van der Waals surface area contributed by atoms with Crippen molar-refractivity contribution < 1.29 is 14.5 Å². The molecule has 1 heterocycles. The molecule has 1 amide bonds. The van der Waals surface area contributed by atoms with Crippen LogP contribution in [-0.4, -0.2) is 55.6 Å².